The summed E-state index contributed by atoms with van der Waals surface area (Å²) in [6, 6.07) is 14.2. The van der Waals surface area contributed by atoms with Crippen LogP contribution in [0.5, 0.6) is 0 Å². The Labute approximate surface area is 203 Å². The van der Waals surface area contributed by atoms with Gasteiger partial charge in [0.15, 0.2) is 5.11 Å². The second-order valence-corrected chi connectivity index (χ2v) is 8.52. The molecule has 1 aliphatic heterocycles. The minimum atomic E-state index is -0.987. The highest BCUT2D eigenvalue weighted by molar-refractivity contribution is 7.80. The summed E-state index contributed by atoms with van der Waals surface area (Å²) in [5, 5.41) is 13.6. The highest BCUT2D eigenvalue weighted by Gasteiger charge is 2.41. The van der Waals surface area contributed by atoms with Crippen molar-refractivity contribution in [2.45, 2.75) is 32.4 Å². The first-order valence-electron chi connectivity index (χ1n) is 10.9. The molecule has 9 heteroatoms. The molecule has 0 radical (unpaired) electrons. The van der Waals surface area contributed by atoms with E-state index in [2.05, 4.69) is 16.4 Å². The van der Waals surface area contributed by atoms with Crippen molar-refractivity contribution < 1.29 is 19.4 Å². The van der Waals surface area contributed by atoms with Gasteiger partial charge in [0.2, 0.25) is 0 Å². The smallest absolute Gasteiger partial charge is 0.337 e. The molecule has 1 saturated heterocycles. The zero-order valence-electron chi connectivity index (χ0n) is 19.2. The first kappa shape index (κ1) is 23.4. The van der Waals surface area contributed by atoms with Gasteiger partial charge in [0, 0.05) is 24.1 Å². The number of hydrogen-bond acceptors (Lipinski definition) is 5. The number of pyridine rings is 1. The van der Waals surface area contributed by atoms with Crippen LogP contribution in [0.1, 0.15) is 51.5 Å². The molecule has 3 aromatic rings. The number of aryl methyl sites for hydroxylation is 1. The average Bonchev–Trinajstić information content (AvgIpc) is 3.32. The summed E-state index contributed by atoms with van der Waals surface area (Å²) in [7, 11) is 1.37. The van der Waals surface area contributed by atoms with Crippen LogP contribution in [-0.2, 0) is 9.53 Å². The normalized spacial score (nSPS) is 17.5. The van der Waals surface area contributed by atoms with E-state index in [1.165, 1.54) is 7.11 Å². The highest BCUT2D eigenvalue weighted by atomic mass is 32.1. The van der Waals surface area contributed by atoms with E-state index in [-0.39, 0.29) is 30.0 Å². The Bertz CT molecular complexity index is 1240. The summed E-state index contributed by atoms with van der Waals surface area (Å²) in [4.78, 5) is 30.3. The molecule has 0 saturated carbocycles. The zero-order valence-corrected chi connectivity index (χ0v) is 20.0. The lowest BCUT2D eigenvalue weighted by atomic mass is 9.96. The predicted molar refractivity (Wildman–Crippen MR) is 131 cm³/mol. The van der Waals surface area contributed by atoms with Crippen molar-refractivity contribution in [3.63, 3.8) is 0 Å². The Morgan fingerprint density at radius 2 is 1.91 bits per heavy atom. The van der Waals surface area contributed by atoms with Gasteiger partial charge in [0.1, 0.15) is 0 Å². The number of esters is 1. The first-order chi connectivity index (χ1) is 16.3. The number of carboxylic acids is 1. The van der Waals surface area contributed by atoms with E-state index in [0.717, 1.165) is 22.6 Å². The maximum absolute atomic E-state index is 11.9. The Hall–Kier alpha value is -3.72. The average molecular weight is 479 g/mol. The van der Waals surface area contributed by atoms with Crippen LogP contribution in [0, 0.1) is 13.8 Å². The van der Waals surface area contributed by atoms with Crippen LogP contribution in [0.3, 0.4) is 0 Å². The zero-order chi connectivity index (χ0) is 24.4. The van der Waals surface area contributed by atoms with Gasteiger partial charge in [0.05, 0.1) is 42.6 Å². The third kappa shape index (κ3) is 4.26. The van der Waals surface area contributed by atoms with E-state index in [1.807, 2.05) is 47.6 Å². The first-order valence-corrected chi connectivity index (χ1v) is 11.3. The molecule has 1 aromatic carbocycles. The number of hydrogen-bond donors (Lipinski definition) is 2. The fraction of sp³-hybridized carbons (Fsp3) is 0.280. The molecule has 2 N–H and O–H groups in total. The molecule has 0 spiro atoms. The van der Waals surface area contributed by atoms with Crippen LogP contribution < -0.4 is 5.32 Å². The number of carbonyl (C=O) groups is 2. The molecule has 8 nitrogen and oxygen atoms in total. The molecule has 1 aliphatic rings. The third-order valence-electron chi connectivity index (χ3n) is 6.15. The van der Waals surface area contributed by atoms with Crippen LogP contribution in [-0.4, -0.2) is 50.3 Å². The summed E-state index contributed by atoms with van der Waals surface area (Å²) < 4.78 is 6.79. The van der Waals surface area contributed by atoms with Gasteiger partial charge in [-0.15, -0.1) is 0 Å². The van der Waals surface area contributed by atoms with E-state index < -0.39 is 5.97 Å². The predicted octanol–water partition coefficient (Wildman–Crippen LogP) is 3.72. The maximum atomic E-state index is 11.9. The molecule has 0 amide bonds. The number of nitrogens with zero attached hydrogens (tertiary/aromatic N) is 3. The minimum absolute atomic E-state index is 0.185. The molecule has 34 heavy (non-hydrogen) atoms. The van der Waals surface area contributed by atoms with Crippen LogP contribution >= 0.6 is 12.2 Å². The molecular weight excluding hydrogens is 452 g/mol. The van der Waals surface area contributed by atoms with Crippen molar-refractivity contribution in [1.82, 2.24) is 19.8 Å². The number of thiocarbonyl (C=S) groups is 1. The number of carboxylic acid groups (broad SMARTS) is 1. The van der Waals surface area contributed by atoms with E-state index >= 15 is 0 Å². The maximum Gasteiger partial charge on any atom is 0.337 e. The number of methoxy groups -OCH3 is 1. The van der Waals surface area contributed by atoms with Crippen LogP contribution in [0.4, 0.5) is 0 Å². The monoisotopic (exact) mass is 478 g/mol. The number of aromatic carboxylic acids is 1. The largest absolute Gasteiger partial charge is 0.478 e. The van der Waals surface area contributed by atoms with Gasteiger partial charge in [-0.1, -0.05) is 18.2 Å². The fourth-order valence-electron chi connectivity index (χ4n) is 4.61. The Morgan fingerprint density at radius 3 is 2.59 bits per heavy atom. The fourth-order valence-corrected chi connectivity index (χ4v) is 4.94. The Balaban J connectivity index is 1.83. The summed E-state index contributed by atoms with van der Waals surface area (Å²) in [6.45, 7) is 4.29. The lowest BCUT2D eigenvalue weighted by Gasteiger charge is -2.28. The second kappa shape index (κ2) is 9.64. The van der Waals surface area contributed by atoms with Gasteiger partial charge >= 0.3 is 11.9 Å². The quantitative estimate of drug-likeness (QED) is 0.392. The van der Waals surface area contributed by atoms with E-state index in [4.69, 9.17) is 17.0 Å². The van der Waals surface area contributed by atoms with Crippen molar-refractivity contribution in [2.24, 2.45) is 0 Å². The SMILES string of the molecule is COC(=O)CCN1C(=S)NC(c2ccccn2)C1c1cc(C)n(-c2ccccc2C(=O)O)c1C. The molecule has 0 aliphatic carbocycles. The lowest BCUT2D eigenvalue weighted by molar-refractivity contribution is -0.140. The summed E-state index contributed by atoms with van der Waals surface area (Å²) in [5.41, 5.74) is 4.41. The summed E-state index contributed by atoms with van der Waals surface area (Å²) in [5.74, 6) is -1.30. The van der Waals surface area contributed by atoms with Gasteiger partial charge in [0.25, 0.3) is 0 Å². The molecule has 2 aromatic heterocycles. The molecule has 2 unspecified atom stereocenters. The van der Waals surface area contributed by atoms with Crippen molar-refractivity contribution >= 4 is 29.3 Å². The second-order valence-electron chi connectivity index (χ2n) is 8.13. The van der Waals surface area contributed by atoms with Gasteiger partial charge in [-0.3, -0.25) is 9.78 Å². The van der Waals surface area contributed by atoms with Gasteiger partial charge < -0.3 is 24.6 Å². The topological polar surface area (TPSA) is 96.7 Å². The van der Waals surface area contributed by atoms with Crippen LogP contribution in [0.25, 0.3) is 5.69 Å². The molecule has 1 fully saturated rings. The van der Waals surface area contributed by atoms with E-state index in [0.29, 0.717) is 17.3 Å². The molecule has 176 valence electrons. The minimum Gasteiger partial charge on any atom is -0.478 e. The molecule has 4 rings (SSSR count). The van der Waals surface area contributed by atoms with E-state index in [1.54, 1.807) is 24.4 Å². The van der Waals surface area contributed by atoms with Gasteiger partial charge in [-0.2, -0.15) is 0 Å². The van der Waals surface area contributed by atoms with Crippen molar-refractivity contribution in [2.75, 3.05) is 13.7 Å². The molecule has 3 heterocycles. The summed E-state index contributed by atoms with van der Waals surface area (Å²) in [6.07, 6.45) is 1.92. The Kier molecular flexibility index (Phi) is 6.65. The van der Waals surface area contributed by atoms with Gasteiger partial charge in [-0.05, 0) is 62.0 Å². The molecule has 0 bridgehead atoms. The van der Waals surface area contributed by atoms with Gasteiger partial charge in [-0.25, -0.2) is 4.79 Å². The van der Waals surface area contributed by atoms with Crippen molar-refractivity contribution in [3.8, 4) is 5.69 Å². The number of para-hydroxylation sites is 1. The third-order valence-corrected chi connectivity index (χ3v) is 6.50. The molecule has 2 atom stereocenters. The Morgan fingerprint density at radius 1 is 1.18 bits per heavy atom. The molecular formula is C25H26N4O4S. The van der Waals surface area contributed by atoms with Crippen molar-refractivity contribution in [3.05, 3.63) is 82.9 Å². The lowest BCUT2D eigenvalue weighted by Crippen LogP contribution is -2.32. The number of ether oxygens (including phenoxy) is 1. The number of rotatable bonds is 7. The van der Waals surface area contributed by atoms with E-state index in [9.17, 15) is 14.7 Å². The van der Waals surface area contributed by atoms with Crippen molar-refractivity contribution in [1.29, 1.82) is 0 Å². The summed E-state index contributed by atoms with van der Waals surface area (Å²) >= 11 is 5.66. The van der Waals surface area contributed by atoms with Crippen LogP contribution in [0.2, 0.25) is 0 Å². The number of carbonyl (C=O) groups excluding carboxylic acids is 1. The van der Waals surface area contributed by atoms with Crippen LogP contribution in [0.15, 0.2) is 54.7 Å². The number of aromatic nitrogens is 2. The standard InChI is InChI=1S/C25H26N4O4S/c1-15-14-18(16(2)29(15)20-10-5-4-8-17(20)24(31)32)23-22(19-9-6-7-12-26-19)27-25(34)28(23)13-11-21(30)33-3/h4-10,12,14,22-23H,11,13H2,1-3H3,(H,27,34)(H,31,32). The number of nitrogens with one attached hydrogen (secondary N) is 1. The highest BCUT2D eigenvalue weighted by Crippen LogP contribution is 2.41. The number of benzene rings is 1.